The normalized spacial score (nSPS) is 16.0. The van der Waals surface area contributed by atoms with E-state index in [0.29, 0.717) is 66.1 Å². The molecule has 5 aromatic rings. The van der Waals surface area contributed by atoms with E-state index in [0.717, 1.165) is 135 Å². The van der Waals surface area contributed by atoms with Crippen LogP contribution in [0.25, 0.3) is 22.3 Å². The van der Waals surface area contributed by atoms with Crippen LogP contribution in [-0.2, 0) is 31.9 Å². The molecule has 2 aliphatic carbocycles. The minimum atomic E-state index is -0.838. The number of hydrogen-bond acceptors (Lipinski definition) is 20. The summed E-state index contributed by atoms with van der Waals surface area (Å²) in [6, 6.07) is 20.6. The number of piperazine rings is 2. The van der Waals surface area contributed by atoms with Crippen molar-refractivity contribution in [1.29, 1.82) is 0 Å². The predicted molar refractivity (Wildman–Crippen MR) is 329 cm³/mol. The average molecular weight is 1220 g/mol. The lowest BCUT2D eigenvalue weighted by Gasteiger charge is -2.34. The van der Waals surface area contributed by atoms with Gasteiger partial charge in [-0.25, -0.2) is 9.59 Å². The summed E-state index contributed by atoms with van der Waals surface area (Å²) in [6.07, 6.45) is 3.11. The highest BCUT2D eigenvalue weighted by atomic mass is 16.7. The zero-order valence-electron chi connectivity index (χ0n) is 52.1. The molecule has 5 aromatic carbocycles. The number of hydrogen-bond donors (Lipinski definition) is 2. The molecule has 24 nitrogen and oxygen atoms in total. The molecule has 0 unspecified atom stereocenters. The number of nitro groups is 1. The number of alkyl carbamates (subject to hydrolysis) is 1. The summed E-state index contributed by atoms with van der Waals surface area (Å²) in [5.41, 5.74) is 14.4. The van der Waals surface area contributed by atoms with Gasteiger partial charge in [-0.05, 0) is 120 Å². The number of nitrogens with zero attached hydrogens (tertiary/aromatic N) is 5. The third kappa shape index (κ3) is 16.9. The number of ether oxygens (including phenoxy) is 11. The maximum Gasteiger partial charge on any atom is 0.513 e. The van der Waals surface area contributed by atoms with Gasteiger partial charge < -0.3 is 73.0 Å². The number of nitrogens with two attached hydrogens (primary N) is 1. The Morgan fingerprint density at radius 1 is 0.545 bits per heavy atom. The van der Waals surface area contributed by atoms with Crippen LogP contribution in [0.1, 0.15) is 73.9 Å². The minimum Gasteiger partial charge on any atom is -0.497 e. The summed E-state index contributed by atoms with van der Waals surface area (Å²) in [5, 5.41) is 13.6. The first-order chi connectivity index (χ1) is 42.5. The standard InChI is InChI=1S/C29H39N3O7.C19H23NO4.C16H21N3O6/c1-19(33)32-14-12-31(13-15-32)11-6-16-39-29(34)30-24-10-7-20-17-25(36-3)27(37-4)28(38-5)26(20)22-9-8-21(35-2)18-23(22)24;1-21-12-6-7-13-14(10-12)15(20)8-5-11-9-16(22-2)18(23-3)19(24-4)17(11)13;1-13(20)18-10-8-17(9-11-18)7-2-12-24-16(21)25-15-5-3-14(4-6-15)19(22)23/h8-9,17-18,24H,6-7,10-16H2,1-5H3,(H,30,34);6-7,9-10,15H,5,8,20H2,1-4H3;3-6H,2,7-12H2,1H3/t24-;15-;/m00./s1. The average Bonchev–Trinajstić information content (AvgIpc) is 2.00. The SMILES string of the molecule is CC(=O)N1CCN(CCCOC(=O)Oc2ccc([N+](=O)[O-])cc2)CC1.COc1ccc2c(c1)[C@@H](N)CCc1cc(OC)c(OC)c(OC)c1-2.COc1ccc2c(c1)[C@@H](NC(=O)OCCCN1CCN(C(C)=O)CC1)CCc1cc(OC)c(OC)c(OC)c1-2. The molecule has 0 radical (unpaired) electrons. The fourth-order valence-electron chi connectivity index (χ4n) is 11.3. The van der Waals surface area contributed by atoms with Gasteiger partial charge in [-0.3, -0.25) is 29.5 Å². The number of carbonyl (C=O) groups excluding carboxylic acids is 4. The van der Waals surface area contributed by atoms with Crippen LogP contribution in [0, 0.1) is 10.1 Å². The molecule has 2 heterocycles. The molecule has 2 atom stereocenters. The van der Waals surface area contributed by atoms with E-state index >= 15 is 0 Å². The van der Waals surface area contributed by atoms with E-state index in [4.69, 9.17) is 57.8 Å². The molecule has 0 aromatic heterocycles. The number of fused-ring (bicyclic) bond motifs is 6. The highest BCUT2D eigenvalue weighted by Gasteiger charge is 2.32. The Hall–Kier alpha value is -8.74. The number of benzene rings is 5. The van der Waals surface area contributed by atoms with Crippen molar-refractivity contribution >= 4 is 29.8 Å². The highest BCUT2D eigenvalue weighted by molar-refractivity contribution is 5.85. The molecule has 9 rings (SSSR count). The Labute approximate surface area is 514 Å². The second-order valence-electron chi connectivity index (χ2n) is 21.1. The van der Waals surface area contributed by atoms with Gasteiger partial charge in [0.25, 0.3) is 5.69 Å². The number of nitrogens with one attached hydrogen (secondary N) is 1. The van der Waals surface area contributed by atoms with Crippen molar-refractivity contribution in [3.63, 3.8) is 0 Å². The molecule has 3 amide bonds. The fourth-order valence-corrected chi connectivity index (χ4v) is 11.3. The summed E-state index contributed by atoms with van der Waals surface area (Å²) in [5.74, 6) is 5.53. The lowest BCUT2D eigenvalue weighted by atomic mass is 9.93. The molecule has 0 bridgehead atoms. The summed E-state index contributed by atoms with van der Waals surface area (Å²) in [6.45, 7) is 11.5. The molecule has 2 saturated heterocycles. The van der Waals surface area contributed by atoms with Crippen LogP contribution < -0.4 is 53.7 Å². The van der Waals surface area contributed by atoms with Crippen molar-refractivity contribution < 1.29 is 76.2 Å². The summed E-state index contributed by atoms with van der Waals surface area (Å²) < 4.78 is 60.1. The maximum absolute atomic E-state index is 12.9. The number of aryl methyl sites for hydroxylation is 2. The molecule has 0 saturated carbocycles. The van der Waals surface area contributed by atoms with E-state index in [-0.39, 0.29) is 41.9 Å². The first kappa shape index (κ1) is 66.8. The van der Waals surface area contributed by atoms with Gasteiger partial charge >= 0.3 is 12.2 Å². The van der Waals surface area contributed by atoms with Crippen molar-refractivity contribution in [3.8, 4) is 74.0 Å². The zero-order valence-corrected chi connectivity index (χ0v) is 52.1. The minimum absolute atomic E-state index is 0.0656. The van der Waals surface area contributed by atoms with E-state index in [1.165, 1.54) is 24.3 Å². The molecule has 0 spiro atoms. The molecule has 3 N–H and O–H groups in total. The van der Waals surface area contributed by atoms with Crippen LogP contribution in [0.2, 0.25) is 0 Å². The first-order valence-corrected chi connectivity index (χ1v) is 29.2. The Balaban J connectivity index is 0.000000197. The van der Waals surface area contributed by atoms with Crippen LogP contribution in [0.3, 0.4) is 0 Å². The first-order valence-electron chi connectivity index (χ1n) is 29.2. The molecule has 4 aliphatic rings. The van der Waals surface area contributed by atoms with E-state index in [2.05, 4.69) is 15.1 Å². The Morgan fingerprint density at radius 3 is 1.43 bits per heavy atom. The van der Waals surface area contributed by atoms with E-state index in [1.54, 1.807) is 70.7 Å². The van der Waals surface area contributed by atoms with E-state index < -0.39 is 17.2 Å². The van der Waals surface area contributed by atoms with Gasteiger partial charge in [0.2, 0.25) is 23.3 Å². The number of carbonyl (C=O) groups is 4. The Bertz CT molecular complexity index is 3200. The van der Waals surface area contributed by atoms with E-state index in [9.17, 15) is 29.3 Å². The van der Waals surface area contributed by atoms with Crippen LogP contribution in [0.4, 0.5) is 15.3 Å². The number of nitro benzene ring substituents is 1. The fraction of sp³-hybridized carbons (Fsp3) is 0.469. The third-order valence-electron chi connectivity index (χ3n) is 15.9. The van der Waals surface area contributed by atoms with E-state index in [1.807, 2.05) is 58.3 Å². The van der Waals surface area contributed by atoms with Gasteiger partial charge in [-0.1, -0.05) is 12.1 Å². The molecule has 476 valence electrons. The summed E-state index contributed by atoms with van der Waals surface area (Å²) in [4.78, 5) is 65.4. The van der Waals surface area contributed by atoms with Crippen molar-refractivity contribution in [2.45, 2.75) is 64.5 Å². The maximum atomic E-state index is 12.9. The topological polar surface area (TPSA) is 264 Å². The summed E-state index contributed by atoms with van der Waals surface area (Å²) >= 11 is 0. The van der Waals surface area contributed by atoms with Crippen molar-refractivity contribution in [1.82, 2.24) is 24.9 Å². The predicted octanol–water partition coefficient (Wildman–Crippen LogP) is 8.65. The largest absolute Gasteiger partial charge is 0.513 e. The van der Waals surface area contributed by atoms with Crippen LogP contribution >= 0.6 is 0 Å². The van der Waals surface area contributed by atoms with Gasteiger partial charge in [0.1, 0.15) is 17.2 Å². The van der Waals surface area contributed by atoms with Crippen LogP contribution in [0.15, 0.2) is 72.8 Å². The van der Waals surface area contributed by atoms with Gasteiger partial charge in [0.15, 0.2) is 23.0 Å². The number of methoxy groups -OCH3 is 8. The number of non-ortho nitro benzene ring substituents is 1. The highest BCUT2D eigenvalue weighted by Crippen LogP contribution is 2.52. The second-order valence-corrected chi connectivity index (χ2v) is 21.1. The molecular formula is C64H83N7O17. The molecule has 2 fully saturated rings. The van der Waals surface area contributed by atoms with Gasteiger partial charge in [-0.2, -0.15) is 0 Å². The third-order valence-corrected chi connectivity index (χ3v) is 15.9. The zero-order chi connectivity index (χ0) is 63.4. The van der Waals surface area contributed by atoms with Gasteiger partial charge in [0.05, 0.1) is 81.1 Å². The Kier molecular flexibility index (Phi) is 24.5. The van der Waals surface area contributed by atoms with Crippen molar-refractivity contribution in [2.75, 3.05) is 136 Å². The van der Waals surface area contributed by atoms with Gasteiger partial charge in [0, 0.05) is 109 Å². The smallest absolute Gasteiger partial charge is 0.497 e. The van der Waals surface area contributed by atoms with Crippen molar-refractivity contribution in [2.24, 2.45) is 5.73 Å². The Morgan fingerprint density at radius 2 is 0.989 bits per heavy atom. The van der Waals surface area contributed by atoms with Gasteiger partial charge in [-0.15, -0.1) is 0 Å². The molecule has 2 aliphatic heterocycles. The van der Waals surface area contributed by atoms with Crippen LogP contribution in [0.5, 0.6) is 51.7 Å². The quantitative estimate of drug-likeness (QED) is 0.0257. The second kappa shape index (κ2) is 32.3. The lowest BCUT2D eigenvalue weighted by molar-refractivity contribution is -0.384. The molecular weight excluding hydrogens is 1140 g/mol. The number of rotatable bonds is 19. The van der Waals surface area contributed by atoms with Crippen molar-refractivity contribution in [3.05, 3.63) is 105 Å². The monoisotopic (exact) mass is 1220 g/mol. The molecule has 24 heteroatoms. The lowest BCUT2D eigenvalue weighted by Crippen LogP contribution is -2.48. The van der Waals surface area contributed by atoms with Crippen LogP contribution in [-0.4, -0.2) is 184 Å². The summed E-state index contributed by atoms with van der Waals surface area (Å²) in [7, 11) is 13.0. The number of amides is 3. The molecule has 88 heavy (non-hydrogen) atoms.